The van der Waals surface area contributed by atoms with Crippen LogP contribution >= 0.6 is 0 Å². The molecule has 0 aromatic carbocycles. The molecule has 0 radical (unpaired) electrons. The highest BCUT2D eigenvalue weighted by Gasteiger charge is 2.52. The van der Waals surface area contributed by atoms with Gasteiger partial charge in [-0.3, -0.25) is 9.80 Å². The summed E-state index contributed by atoms with van der Waals surface area (Å²) in [6.45, 7) is 4.45. The molecule has 3 saturated carbocycles. The second-order valence-corrected chi connectivity index (χ2v) is 12.3. The Labute approximate surface area is 216 Å². The summed E-state index contributed by atoms with van der Waals surface area (Å²) < 4.78 is 49.1. The summed E-state index contributed by atoms with van der Waals surface area (Å²) >= 11 is 0. The third kappa shape index (κ3) is 4.97. The Balaban J connectivity index is 1.07. The predicted molar refractivity (Wildman–Crippen MR) is 130 cm³/mol. The van der Waals surface area contributed by atoms with Crippen LogP contribution in [-0.4, -0.2) is 100 Å². The molecule has 5 aliphatic rings. The lowest BCUT2D eigenvalue weighted by atomic mass is 9.79. The standard InChI is InChI=1S/C26H39F3N6O2/c1-25(23-31-22(37-32-23)18-14-19(18)27)9-12-34(13-10-25)24(36)30-21-20(4-3-8-26(21,28)29)35-11-7-17(15-35)33(2)16-5-6-16/h16-21H,3-15H2,1-2H3,(H,30,36)/t17-,18+,19-,20-,21+/m0/s1. The molecule has 2 amide bonds. The van der Waals surface area contributed by atoms with Gasteiger partial charge < -0.3 is 14.7 Å². The fourth-order valence-corrected chi connectivity index (χ4v) is 6.63. The van der Waals surface area contributed by atoms with Crippen molar-refractivity contribution < 1.29 is 22.5 Å². The van der Waals surface area contributed by atoms with Gasteiger partial charge in [0.1, 0.15) is 12.2 Å². The Kier molecular flexibility index (Phi) is 6.45. The van der Waals surface area contributed by atoms with Gasteiger partial charge >= 0.3 is 6.03 Å². The number of carbonyl (C=O) groups is 1. The minimum absolute atomic E-state index is 0.188. The van der Waals surface area contributed by atoms with Crippen LogP contribution < -0.4 is 5.32 Å². The maximum atomic E-state index is 15.2. The molecule has 0 unspecified atom stereocenters. The smallest absolute Gasteiger partial charge is 0.317 e. The molecule has 5 atom stereocenters. The van der Waals surface area contributed by atoms with E-state index >= 15 is 8.78 Å². The monoisotopic (exact) mass is 524 g/mol. The lowest BCUT2D eigenvalue weighted by molar-refractivity contribution is -0.0898. The Bertz CT molecular complexity index is 995. The van der Waals surface area contributed by atoms with Gasteiger partial charge in [0.25, 0.3) is 5.92 Å². The number of likely N-dealkylation sites (tertiary alicyclic amines) is 2. The predicted octanol–water partition coefficient (Wildman–Crippen LogP) is 3.68. The van der Waals surface area contributed by atoms with Crippen molar-refractivity contribution in [3.05, 3.63) is 11.7 Å². The number of rotatable bonds is 6. The van der Waals surface area contributed by atoms with Crippen LogP contribution in [0, 0.1) is 0 Å². The van der Waals surface area contributed by atoms with Crippen LogP contribution in [0.2, 0.25) is 0 Å². The quantitative estimate of drug-likeness (QED) is 0.612. The van der Waals surface area contributed by atoms with E-state index in [2.05, 4.69) is 32.3 Å². The average Bonchev–Trinajstić information content (AvgIpc) is 3.73. The van der Waals surface area contributed by atoms with Gasteiger partial charge in [0.15, 0.2) is 5.82 Å². The third-order valence-corrected chi connectivity index (χ3v) is 9.66. The molecule has 3 heterocycles. The molecular weight excluding hydrogens is 485 g/mol. The number of nitrogens with one attached hydrogen (secondary N) is 1. The summed E-state index contributed by atoms with van der Waals surface area (Å²) in [5, 5.41) is 6.87. The number of aromatic nitrogens is 2. The zero-order chi connectivity index (χ0) is 25.9. The second kappa shape index (κ2) is 9.39. The minimum atomic E-state index is -2.93. The highest BCUT2D eigenvalue weighted by atomic mass is 19.3. The first-order valence-electron chi connectivity index (χ1n) is 14.0. The largest absolute Gasteiger partial charge is 0.339 e. The van der Waals surface area contributed by atoms with Crippen LogP contribution in [0.15, 0.2) is 4.52 Å². The highest BCUT2D eigenvalue weighted by Crippen LogP contribution is 2.44. The Morgan fingerprint density at radius 1 is 1.11 bits per heavy atom. The van der Waals surface area contributed by atoms with Crippen molar-refractivity contribution in [1.29, 1.82) is 0 Å². The van der Waals surface area contributed by atoms with Gasteiger partial charge in [-0.15, -0.1) is 0 Å². The molecule has 1 aromatic heterocycles. The highest BCUT2D eigenvalue weighted by molar-refractivity contribution is 5.75. The topological polar surface area (TPSA) is 77.7 Å². The second-order valence-electron chi connectivity index (χ2n) is 12.3. The van der Waals surface area contributed by atoms with Crippen LogP contribution in [0.4, 0.5) is 18.0 Å². The number of hydrogen-bond donors (Lipinski definition) is 1. The summed E-state index contributed by atoms with van der Waals surface area (Å²) in [5.74, 6) is -2.33. The van der Waals surface area contributed by atoms with Crippen molar-refractivity contribution in [1.82, 2.24) is 30.2 Å². The molecule has 0 spiro atoms. The van der Waals surface area contributed by atoms with E-state index in [9.17, 15) is 9.18 Å². The van der Waals surface area contributed by atoms with E-state index in [-0.39, 0.29) is 18.4 Å². The number of hydrogen-bond acceptors (Lipinski definition) is 6. The lowest BCUT2D eigenvalue weighted by Gasteiger charge is -2.44. The van der Waals surface area contributed by atoms with Gasteiger partial charge in [-0.1, -0.05) is 12.1 Å². The summed E-state index contributed by atoms with van der Waals surface area (Å²) in [7, 11) is 2.16. The fraction of sp³-hybridized carbons (Fsp3) is 0.885. The van der Waals surface area contributed by atoms with E-state index in [1.54, 1.807) is 4.90 Å². The molecule has 0 bridgehead atoms. The van der Waals surface area contributed by atoms with E-state index in [1.807, 2.05) is 6.92 Å². The number of carbonyl (C=O) groups excluding carboxylic acids is 1. The molecular formula is C26H39F3N6O2. The van der Waals surface area contributed by atoms with Crippen LogP contribution in [0.3, 0.4) is 0 Å². The third-order valence-electron chi connectivity index (χ3n) is 9.66. The van der Waals surface area contributed by atoms with Crippen molar-refractivity contribution in [2.45, 2.75) is 112 Å². The molecule has 206 valence electrons. The molecule has 3 aliphatic carbocycles. The van der Waals surface area contributed by atoms with Crippen molar-refractivity contribution in [3.8, 4) is 0 Å². The van der Waals surface area contributed by atoms with Crippen molar-refractivity contribution >= 4 is 6.03 Å². The zero-order valence-corrected chi connectivity index (χ0v) is 21.8. The molecule has 6 rings (SSSR count). The van der Waals surface area contributed by atoms with Gasteiger partial charge in [-0.25, -0.2) is 18.0 Å². The number of alkyl halides is 3. The molecule has 8 nitrogen and oxygen atoms in total. The molecule has 5 fully saturated rings. The van der Waals surface area contributed by atoms with Gasteiger partial charge in [0.2, 0.25) is 5.89 Å². The summed E-state index contributed by atoms with van der Waals surface area (Å²) in [6.07, 6.45) is 5.12. The average molecular weight is 525 g/mol. The molecule has 37 heavy (non-hydrogen) atoms. The van der Waals surface area contributed by atoms with E-state index in [0.29, 0.717) is 69.0 Å². The van der Waals surface area contributed by atoms with Gasteiger partial charge in [-0.2, -0.15) is 4.98 Å². The summed E-state index contributed by atoms with van der Waals surface area (Å²) in [6, 6.07) is -0.901. The van der Waals surface area contributed by atoms with Gasteiger partial charge in [0.05, 0.1) is 5.92 Å². The van der Waals surface area contributed by atoms with E-state index in [0.717, 1.165) is 19.5 Å². The van der Waals surface area contributed by atoms with Gasteiger partial charge in [-0.05, 0) is 58.4 Å². The van der Waals surface area contributed by atoms with Crippen LogP contribution in [0.1, 0.15) is 82.3 Å². The lowest BCUT2D eigenvalue weighted by Crippen LogP contribution is -2.64. The molecule has 1 aromatic rings. The fourth-order valence-electron chi connectivity index (χ4n) is 6.63. The van der Waals surface area contributed by atoms with Crippen molar-refractivity contribution in [2.24, 2.45) is 0 Å². The van der Waals surface area contributed by atoms with Crippen molar-refractivity contribution in [3.63, 3.8) is 0 Å². The first-order valence-corrected chi connectivity index (χ1v) is 14.0. The van der Waals surface area contributed by atoms with Crippen LogP contribution in [0.5, 0.6) is 0 Å². The van der Waals surface area contributed by atoms with E-state index < -0.39 is 29.6 Å². The Morgan fingerprint density at radius 2 is 1.84 bits per heavy atom. The van der Waals surface area contributed by atoms with E-state index in [4.69, 9.17) is 4.52 Å². The molecule has 11 heteroatoms. The SMILES string of the molecule is CN(C1CC1)[C@H]1CCN([C@H]2CCCC(F)(F)[C@@H]2NC(=O)N2CCC(C)(c3noc([C@@H]4C[C@@H]4F)n3)CC2)C1. The number of likely N-dealkylation sites (N-methyl/N-ethyl adjacent to an activating group) is 1. The van der Waals surface area contributed by atoms with Crippen LogP contribution in [0.25, 0.3) is 0 Å². The van der Waals surface area contributed by atoms with E-state index in [1.165, 1.54) is 12.8 Å². The molecule has 2 saturated heterocycles. The molecule has 2 aliphatic heterocycles. The van der Waals surface area contributed by atoms with Crippen molar-refractivity contribution in [2.75, 3.05) is 33.2 Å². The first-order chi connectivity index (χ1) is 17.6. The number of urea groups is 1. The zero-order valence-electron chi connectivity index (χ0n) is 21.8. The van der Waals surface area contributed by atoms with Gasteiger partial charge in [0, 0.05) is 56.1 Å². The minimum Gasteiger partial charge on any atom is -0.339 e. The Hall–Kier alpha value is -1.88. The molecule has 1 N–H and O–H groups in total. The number of nitrogens with zero attached hydrogens (tertiary/aromatic N) is 5. The maximum absolute atomic E-state index is 15.2. The van der Waals surface area contributed by atoms with Crippen LogP contribution in [-0.2, 0) is 5.41 Å². The Morgan fingerprint density at radius 3 is 2.51 bits per heavy atom. The normalized spacial score (nSPS) is 35.6. The summed E-state index contributed by atoms with van der Waals surface area (Å²) in [5.41, 5.74) is -0.394. The summed E-state index contributed by atoms with van der Waals surface area (Å²) in [4.78, 5) is 23.9. The maximum Gasteiger partial charge on any atom is 0.317 e. The first kappa shape index (κ1) is 25.4. The number of halogens is 3. The number of piperidine rings is 1. The number of amides is 2.